The summed E-state index contributed by atoms with van der Waals surface area (Å²) in [5, 5.41) is 0. The predicted octanol–water partition coefficient (Wildman–Crippen LogP) is 4.75. The third-order valence-electron chi connectivity index (χ3n) is 5.19. The van der Waals surface area contributed by atoms with Crippen LogP contribution in [0.5, 0.6) is 0 Å². The maximum atomic E-state index is 2.44. The molecule has 0 nitrogen and oxygen atoms in total. The molecule has 0 N–H and O–H groups in total. The zero-order chi connectivity index (χ0) is 13.1. The first-order chi connectivity index (χ1) is 9.40. The van der Waals surface area contributed by atoms with Gasteiger partial charge in [0, 0.05) is 5.75 Å². The fourth-order valence-electron chi connectivity index (χ4n) is 4.39. The smallest absolute Gasteiger partial charge is 0.158 e. The molecule has 2 heteroatoms. The van der Waals surface area contributed by atoms with E-state index in [4.69, 9.17) is 0 Å². The van der Waals surface area contributed by atoms with Gasteiger partial charge >= 0.3 is 0 Å². The molecule has 0 unspecified atom stereocenters. The van der Waals surface area contributed by atoms with Crippen LogP contribution in [0.2, 0.25) is 11.6 Å². The summed E-state index contributed by atoms with van der Waals surface area (Å²) in [5.41, 5.74) is 3.33. The molecule has 1 aromatic carbocycles. The van der Waals surface area contributed by atoms with Crippen LogP contribution in [0.15, 0.2) is 24.3 Å². The van der Waals surface area contributed by atoms with E-state index in [0.717, 1.165) is 18.3 Å². The van der Waals surface area contributed by atoms with Crippen LogP contribution in [0.4, 0.5) is 0 Å². The number of rotatable bonds is 4. The highest BCUT2D eigenvalue weighted by Gasteiger charge is 2.40. The van der Waals surface area contributed by atoms with Gasteiger partial charge in [-0.25, -0.2) is 0 Å². The van der Waals surface area contributed by atoms with Gasteiger partial charge in [0.25, 0.3) is 0 Å². The fraction of sp³-hybridized carbons (Fsp3) is 0.647. The summed E-state index contributed by atoms with van der Waals surface area (Å²) in [7, 11) is 0. The molecular weight excluding hydrogens is 247 g/mol. The van der Waals surface area contributed by atoms with E-state index >= 15 is 0 Å². The van der Waals surface area contributed by atoms with E-state index in [9.17, 15) is 0 Å². The van der Waals surface area contributed by atoms with Crippen molar-refractivity contribution in [2.45, 2.75) is 62.8 Å². The lowest BCUT2D eigenvalue weighted by molar-refractivity contribution is 0.448. The normalized spacial score (nSPS) is 26.5. The van der Waals surface area contributed by atoms with Crippen LogP contribution >= 0.6 is 11.8 Å². The highest BCUT2D eigenvalue weighted by atomic mass is 32.2. The highest BCUT2D eigenvalue weighted by Crippen LogP contribution is 2.46. The van der Waals surface area contributed by atoms with Gasteiger partial charge in [-0.1, -0.05) is 86.8 Å². The molecule has 0 atom stereocenters. The summed E-state index contributed by atoms with van der Waals surface area (Å²) >= 11 is 2.07. The molecule has 3 rings (SSSR count). The minimum atomic E-state index is 0.885. The lowest BCUT2D eigenvalue weighted by Crippen LogP contribution is -2.45. The summed E-state index contributed by atoms with van der Waals surface area (Å²) < 4.78 is 0. The zero-order valence-electron chi connectivity index (χ0n) is 12.1. The van der Waals surface area contributed by atoms with E-state index in [1.54, 1.807) is 11.0 Å². The number of hydrogen-bond donors (Lipinski definition) is 0. The topological polar surface area (TPSA) is 0 Å². The largest absolute Gasteiger partial charge is 0.182 e. The standard InChI is InChI=1S/C17H25BS/c1-2-19-13-14-7-3-4-12-17(14)18-15-8-5-9-16(18)11-6-10-15/h3-4,7,12,15-16H,2,5-6,8-11,13H2,1H3. The van der Waals surface area contributed by atoms with E-state index in [1.165, 1.54) is 50.0 Å². The summed E-state index contributed by atoms with van der Waals surface area (Å²) in [6.45, 7) is 3.15. The van der Waals surface area contributed by atoms with Crippen molar-refractivity contribution < 1.29 is 0 Å². The minimum Gasteiger partial charge on any atom is -0.158 e. The van der Waals surface area contributed by atoms with Crippen molar-refractivity contribution in [3.05, 3.63) is 29.8 Å². The van der Waals surface area contributed by atoms with Gasteiger partial charge in [-0.3, -0.25) is 0 Å². The van der Waals surface area contributed by atoms with Crippen molar-refractivity contribution in [3.8, 4) is 0 Å². The van der Waals surface area contributed by atoms with Crippen LogP contribution < -0.4 is 5.46 Å². The Balaban J connectivity index is 1.87. The number of thioether (sulfide) groups is 1. The molecule has 0 spiro atoms. The molecule has 0 saturated carbocycles. The van der Waals surface area contributed by atoms with Gasteiger partial charge in [-0.05, 0) is 11.3 Å². The second-order valence-electron chi connectivity index (χ2n) is 6.24. The van der Waals surface area contributed by atoms with E-state index in [0.29, 0.717) is 0 Å². The monoisotopic (exact) mass is 272 g/mol. The van der Waals surface area contributed by atoms with Crippen molar-refractivity contribution in [2.24, 2.45) is 0 Å². The van der Waals surface area contributed by atoms with Gasteiger partial charge in [0.05, 0.1) is 0 Å². The molecular formula is C17H25BS. The highest BCUT2D eigenvalue weighted by molar-refractivity contribution is 7.98. The second kappa shape index (κ2) is 6.39. The molecule has 2 saturated heterocycles. The Labute approximate surface area is 122 Å². The van der Waals surface area contributed by atoms with Gasteiger partial charge in [0.15, 0.2) is 6.71 Å². The number of benzene rings is 1. The Morgan fingerprint density at radius 3 is 2.32 bits per heavy atom. The van der Waals surface area contributed by atoms with E-state index < -0.39 is 0 Å². The number of hydrogen-bond acceptors (Lipinski definition) is 1. The van der Waals surface area contributed by atoms with Crippen molar-refractivity contribution in [1.29, 1.82) is 0 Å². The lowest BCUT2D eigenvalue weighted by atomic mass is 9.24. The molecule has 19 heavy (non-hydrogen) atoms. The molecule has 2 fully saturated rings. The summed E-state index contributed by atoms with van der Waals surface area (Å²) in [5.74, 6) is 4.41. The Morgan fingerprint density at radius 2 is 1.68 bits per heavy atom. The Hall–Kier alpha value is -0.365. The average molecular weight is 272 g/mol. The van der Waals surface area contributed by atoms with E-state index in [2.05, 4.69) is 43.0 Å². The molecule has 1 aromatic rings. The van der Waals surface area contributed by atoms with Crippen LogP contribution in [0.1, 0.15) is 51.0 Å². The molecule has 0 aliphatic carbocycles. The Bertz CT molecular complexity index is 395. The predicted molar refractivity (Wildman–Crippen MR) is 88.9 cm³/mol. The molecule has 102 valence electrons. The maximum Gasteiger partial charge on any atom is 0.182 e. The van der Waals surface area contributed by atoms with E-state index in [1.807, 2.05) is 0 Å². The average Bonchev–Trinajstić information content (AvgIpc) is 2.44. The van der Waals surface area contributed by atoms with Crippen molar-refractivity contribution in [2.75, 3.05) is 5.75 Å². The quantitative estimate of drug-likeness (QED) is 0.713. The summed E-state index contributed by atoms with van der Waals surface area (Å²) in [4.78, 5) is 0. The zero-order valence-corrected chi connectivity index (χ0v) is 12.9. The lowest BCUT2D eigenvalue weighted by Gasteiger charge is -2.41. The van der Waals surface area contributed by atoms with Crippen LogP contribution in [-0.4, -0.2) is 12.5 Å². The van der Waals surface area contributed by atoms with Crippen molar-refractivity contribution in [1.82, 2.24) is 0 Å². The Morgan fingerprint density at radius 1 is 1.05 bits per heavy atom. The van der Waals surface area contributed by atoms with Gasteiger partial charge in [0.2, 0.25) is 0 Å². The SMILES string of the molecule is CCSCc1ccccc1B1C2CCCC1CCC2. The molecule has 2 bridgehead atoms. The van der Waals surface area contributed by atoms with Crippen LogP contribution in [0, 0.1) is 0 Å². The van der Waals surface area contributed by atoms with Gasteiger partial charge in [0.1, 0.15) is 0 Å². The maximum absolute atomic E-state index is 2.44. The van der Waals surface area contributed by atoms with Crippen molar-refractivity contribution >= 4 is 23.9 Å². The first-order valence-corrected chi connectivity index (χ1v) is 9.21. The van der Waals surface area contributed by atoms with Crippen molar-refractivity contribution in [3.63, 3.8) is 0 Å². The molecule has 0 radical (unpaired) electrons. The first kappa shape index (κ1) is 13.6. The van der Waals surface area contributed by atoms with Gasteiger partial charge in [-0.2, -0.15) is 11.8 Å². The minimum absolute atomic E-state index is 0.885. The van der Waals surface area contributed by atoms with Gasteiger partial charge < -0.3 is 0 Å². The molecule has 2 heterocycles. The van der Waals surface area contributed by atoms with Gasteiger partial charge in [-0.15, -0.1) is 0 Å². The van der Waals surface area contributed by atoms with Crippen LogP contribution in [0.3, 0.4) is 0 Å². The summed E-state index contributed by atoms with van der Waals surface area (Å²) in [6.07, 6.45) is 8.90. The van der Waals surface area contributed by atoms with E-state index in [-0.39, 0.29) is 0 Å². The molecule has 2 aliphatic heterocycles. The fourth-order valence-corrected chi connectivity index (χ4v) is 5.07. The number of fused-ring (bicyclic) bond motifs is 2. The second-order valence-corrected chi connectivity index (χ2v) is 7.52. The molecule has 0 amide bonds. The first-order valence-electron chi connectivity index (χ1n) is 8.05. The third-order valence-corrected chi connectivity index (χ3v) is 6.11. The molecule has 0 aromatic heterocycles. The molecule has 2 aliphatic rings. The summed E-state index contributed by atoms with van der Waals surface area (Å²) in [6, 6.07) is 9.31. The third kappa shape index (κ3) is 2.89. The van der Waals surface area contributed by atoms with Crippen LogP contribution in [-0.2, 0) is 5.75 Å². The van der Waals surface area contributed by atoms with Crippen LogP contribution in [0.25, 0.3) is 0 Å². The Kier molecular flexibility index (Phi) is 4.58.